The van der Waals surface area contributed by atoms with Crippen molar-refractivity contribution in [3.63, 3.8) is 0 Å². The van der Waals surface area contributed by atoms with E-state index in [0.717, 1.165) is 5.56 Å². The first-order valence-corrected chi connectivity index (χ1v) is 7.52. The average molecular weight is 335 g/mol. The van der Waals surface area contributed by atoms with Crippen LogP contribution in [0, 0.1) is 5.82 Å². The normalized spacial score (nSPS) is 11.9. The van der Waals surface area contributed by atoms with Gasteiger partial charge in [-0.05, 0) is 23.8 Å². The molecule has 2 N–H and O–H groups in total. The summed E-state index contributed by atoms with van der Waals surface area (Å²) in [5.41, 5.74) is 1.39. The van der Waals surface area contributed by atoms with E-state index in [1.807, 2.05) is 6.07 Å². The molecule has 0 saturated carbocycles. The van der Waals surface area contributed by atoms with Gasteiger partial charge in [-0.15, -0.1) is 0 Å². The van der Waals surface area contributed by atoms with E-state index < -0.39 is 6.10 Å². The zero-order valence-electron chi connectivity index (χ0n) is 14.0. The van der Waals surface area contributed by atoms with E-state index in [9.17, 15) is 9.50 Å². The predicted octanol–water partition coefficient (Wildman–Crippen LogP) is 2.67. The fraction of sp³-hybridized carbons (Fsp3) is 0.333. The SMILES string of the molecule is COc1cc(OC)c(OC)cc1CNC[C@@H](O)c1cccc(F)c1. The second-order valence-electron chi connectivity index (χ2n) is 5.22. The maximum atomic E-state index is 13.2. The van der Waals surface area contributed by atoms with Crippen LogP contribution in [0.1, 0.15) is 17.2 Å². The molecule has 0 heterocycles. The molecule has 0 unspecified atom stereocenters. The Bertz CT molecular complexity index is 678. The van der Waals surface area contributed by atoms with Crippen molar-refractivity contribution < 1.29 is 23.7 Å². The summed E-state index contributed by atoms with van der Waals surface area (Å²) in [7, 11) is 4.70. The van der Waals surface area contributed by atoms with Crippen molar-refractivity contribution in [1.82, 2.24) is 5.32 Å². The highest BCUT2D eigenvalue weighted by atomic mass is 19.1. The summed E-state index contributed by atoms with van der Waals surface area (Å²) in [6.45, 7) is 0.733. The standard InChI is InChI=1S/C18H22FNO4/c1-22-16-9-18(24-3)17(23-2)8-13(16)10-20-11-15(21)12-5-4-6-14(19)7-12/h4-9,15,20-21H,10-11H2,1-3H3/t15-/m1/s1. The fourth-order valence-electron chi connectivity index (χ4n) is 2.41. The Kier molecular flexibility index (Phi) is 6.40. The molecule has 0 fully saturated rings. The third-order valence-electron chi connectivity index (χ3n) is 3.67. The van der Waals surface area contributed by atoms with Crippen molar-refractivity contribution in [2.24, 2.45) is 0 Å². The average Bonchev–Trinajstić information content (AvgIpc) is 2.61. The number of benzene rings is 2. The number of methoxy groups -OCH3 is 3. The molecular formula is C18H22FNO4. The summed E-state index contributed by atoms with van der Waals surface area (Å²) in [6, 6.07) is 9.50. The summed E-state index contributed by atoms with van der Waals surface area (Å²) in [6.07, 6.45) is -0.799. The van der Waals surface area contributed by atoms with Crippen molar-refractivity contribution in [3.05, 3.63) is 53.3 Å². The van der Waals surface area contributed by atoms with Gasteiger partial charge in [-0.3, -0.25) is 0 Å². The Labute approximate surface area is 141 Å². The zero-order valence-corrected chi connectivity index (χ0v) is 14.0. The van der Waals surface area contributed by atoms with Crippen molar-refractivity contribution in [2.75, 3.05) is 27.9 Å². The first kappa shape index (κ1) is 18.0. The fourth-order valence-corrected chi connectivity index (χ4v) is 2.41. The maximum Gasteiger partial charge on any atom is 0.164 e. The van der Waals surface area contributed by atoms with E-state index in [4.69, 9.17) is 14.2 Å². The van der Waals surface area contributed by atoms with Gasteiger partial charge < -0.3 is 24.6 Å². The lowest BCUT2D eigenvalue weighted by Gasteiger charge is -2.16. The monoisotopic (exact) mass is 335 g/mol. The minimum atomic E-state index is -0.799. The van der Waals surface area contributed by atoms with Gasteiger partial charge in [0.15, 0.2) is 11.5 Å². The molecule has 24 heavy (non-hydrogen) atoms. The molecule has 0 aliphatic heterocycles. The van der Waals surface area contributed by atoms with Crippen LogP contribution in [0.2, 0.25) is 0 Å². The molecular weight excluding hydrogens is 313 g/mol. The number of halogens is 1. The Hall–Kier alpha value is -2.31. The highest BCUT2D eigenvalue weighted by Gasteiger charge is 2.13. The third kappa shape index (κ3) is 4.37. The topological polar surface area (TPSA) is 60.0 Å². The quantitative estimate of drug-likeness (QED) is 0.777. The summed E-state index contributed by atoms with van der Waals surface area (Å²) < 4.78 is 29.1. The van der Waals surface area contributed by atoms with Crippen LogP contribution in [0.15, 0.2) is 36.4 Å². The minimum Gasteiger partial charge on any atom is -0.496 e. The van der Waals surface area contributed by atoms with Gasteiger partial charge in [-0.25, -0.2) is 4.39 Å². The predicted molar refractivity (Wildman–Crippen MR) is 89.2 cm³/mol. The number of ether oxygens (including phenoxy) is 3. The number of rotatable bonds is 8. The molecule has 2 rings (SSSR count). The van der Waals surface area contributed by atoms with Crippen LogP contribution in [-0.4, -0.2) is 33.0 Å². The number of aliphatic hydroxyl groups is 1. The van der Waals surface area contributed by atoms with Crippen LogP contribution in [0.25, 0.3) is 0 Å². The third-order valence-corrected chi connectivity index (χ3v) is 3.67. The van der Waals surface area contributed by atoms with Crippen molar-refractivity contribution in [3.8, 4) is 17.2 Å². The largest absolute Gasteiger partial charge is 0.496 e. The van der Waals surface area contributed by atoms with Gasteiger partial charge >= 0.3 is 0 Å². The van der Waals surface area contributed by atoms with E-state index in [0.29, 0.717) is 29.4 Å². The summed E-state index contributed by atoms with van der Waals surface area (Å²) in [5.74, 6) is 1.46. The lowest BCUT2D eigenvalue weighted by atomic mass is 10.1. The Balaban J connectivity index is 2.03. The van der Waals surface area contributed by atoms with Crippen LogP contribution < -0.4 is 19.5 Å². The maximum absolute atomic E-state index is 13.2. The lowest BCUT2D eigenvalue weighted by Crippen LogP contribution is -2.21. The van der Waals surface area contributed by atoms with Gasteiger partial charge in [0, 0.05) is 24.7 Å². The van der Waals surface area contributed by atoms with Crippen LogP contribution in [0.3, 0.4) is 0 Å². The number of nitrogens with one attached hydrogen (secondary N) is 1. The van der Waals surface area contributed by atoms with Crippen molar-refractivity contribution in [1.29, 1.82) is 0 Å². The molecule has 0 aromatic heterocycles. The van der Waals surface area contributed by atoms with Crippen LogP contribution in [-0.2, 0) is 6.54 Å². The Morgan fingerprint density at radius 3 is 2.29 bits per heavy atom. The highest BCUT2D eigenvalue weighted by Crippen LogP contribution is 2.34. The molecule has 1 atom stereocenters. The first-order chi connectivity index (χ1) is 11.6. The second kappa shape index (κ2) is 8.52. The smallest absolute Gasteiger partial charge is 0.164 e. The zero-order chi connectivity index (χ0) is 17.5. The Morgan fingerprint density at radius 2 is 1.67 bits per heavy atom. The van der Waals surface area contributed by atoms with E-state index >= 15 is 0 Å². The molecule has 130 valence electrons. The molecule has 2 aromatic rings. The summed E-state index contributed by atoms with van der Waals surface area (Å²) >= 11 is 0. The minimum absolute atomic E-state index is 0.279. The summed E-state index contributed by atoms with van der Waals surface area (Å²) in [5, 5.41) is 13.3. The van der Waals surface area contributed by atoms with Crippen molar-refractivity contribution in [2.45, 2.75) is 12.6 Å². The molecule has 0 aliphatic rings. The van der Waals surface area contributed by atoms with E-state index in [2.05, 4.69) is 5.32 Å². The molecule has 6 heteroatoms. The first-order valence-electron chi connectivity index (χ1n) is 7.52. The number of aliphatic hydroxyl groups excluding tert-OH is 1. The van der Waals surface area contributed by atoms with Crippen molar-refractivity contribution >= 4 is 0 Å². The van der Waals surface area contributed by atoms with E-state index in [-0.39, 0.29) is 12.4 Å². The van der Waals surface area contributed by atoms with Gasteiger partial charge in [0.2, 0.25) is 0 Å². The molecule has 0 spiro atoms. The lowest BCUT2D eigenvalue weighted by molar-refractivity contribution is 0.174. The molecule has 0 saturated heterocycles. The molecule has 0 aliphatic carbocycles. The summed E-state index contributed by atoms with van der Waals surface area (Å²) in [4.78, 5) is 0. The molecule has 0 radical (unpaired) electrons. The van der Waals surface area contributed by atoms with Gasteiger partial charge in [-0.2, -0.15) is 0 Å². The molecule has 0 amide bonds. The van der Waals surface area contributed by atoms with Crippen LogP contribution in [0.4, 0.5) is 4.39 Å². The van der Waals surface area contributed by atoms with Crippen LogP contribution in [0.5, 0.6) is 17.2 Å². The molecule has 5 nitrogen and oxygen atoms in total. The van der Waals surface area contributed by atoms with E-state index in [1.165, 1.54) is 12.1 Å². The van der Waals surface area contributed by atoms with E-state index in [1.54, 1.807) is 39.5 Å². The van der Waals surface area contributed by atoms with Gasteiger partial charge in [0.1, 0.15) is 11.6 Å². The number of hydrogen-bond donors (Lipinski definition) is 2. The molecule has 0 bridgehead atoms. The van der Waals surface area contributed by atoms with Gasteiger partial charge in [0.25, 0.3) is 0 Å². The van der Waals surface area contributed by atoms with Gasteiger partial charge in [0.05, 0.1) is 27.4 Å². The second-order valence-corrected chi connectivity index (χ2v) is 5.22. The highest BCUT2D eigenvalue weighted by molar-refractivity contribution is 5.50. The molecule has 2 aromatic carbocycles. The Morgan fingerprint density at radius 1 is 1.00 bits per heavy atom. The van der Waals surface area contributed by atoms with Crippen LogP contribution >= 0.6 is 0 Å². The number of hydrogen-bond acceptors (Lipinski definition) is 5. The van der Waals surface area contributed by atoms with Gasteiger partial charge in [-0.1, -0.05) is 12.1 Å².